The van der Waals surface area contributed by atoms with Gasteiger partial charge in [-0.3, -0.25) is 0 Å². The fraction of sp³-hybridized carbons (Fsp3) is 0.571. The minimum Gasteiger partial charge on any atom is -0.478 e. The van der Waals surface area contributed by atoms with Crippen LogP contribution in [0.1, 0.15) is 6.42 Å². The van der Waals surface area contributed by atoms with Gasteiger partial charge in [0.1, 0.15) is 0 Å². The van der Waals surface area contributed by atoms with Crippen LogP contribution in [0.15, 0.2) is 12.2 Å². The lowest BCUT2D eigenvalue weighted by molar-refractivity contribution is -0.132. The predicted molar refractivity (Wildman–Crippen MR) is 45.7 cm³/mol. The summed E-state index contributed by atoms with van der Waals surface area (Å²) in [6.07, 6.45) is 0.748. The van der Waals surface area contributed by atoms with E-state index in [0.29, 0.717) is 12.6 Å². The number of carboxylic acids is 1. The van der Waals surface area contributed by atoms with Gasteiger partial charge >= 0.3 is 5.97 Å². The van der Waals surface area contributed by atoms with Crippen molar-refractivity contribution in [3.8, 4) is 0 Å². The van der Waals surface area contributed by atoms with Gasteiger partial charge in [-0.05, 0) is 19.8 Å². The number of hydrogen-bond acceptors (Lipinski definition) is 2. The van der Waals surface area contributed by atoms with Gasteiger partial charge in [-0.2, -0.15) is 0 Å². The molecule has 0 heterocycles. The Hall–Kier alpha value is -0.560. The molecule has 0 bridgehead atoms. The summed E-state index contributed by atoms with van der Waals surface area (Å²) < 4.78 is 11.1. The van der Waals surface area contributed by atoms with E-state index in [1.54, 1.807) is 13.3 Å². The molecule has 0 aromatic carbocycles. The number of rotatable bonds is 4. The minimum absolute atomic E-state index is 0.133. The van der Waals surface area contributed by atoms with Crippen molar-refractivity contribution >= 4 is 13.1 Å². The van der Waals surface area contributed by atoms with Crippen LogP contribution in [0.25, 0.3) is 0 Å². The molecule has 0 rings (SSSR count). The van der Waals surface area contributed by atoms with E-state index in [-0.39, 0.29) is 5.57 Å². The maximum Gasteiger partial charge on any atom is 0.330 e. The highest BCUT2D eigenvalue weighted by molar-refractivity contribution is 7.62. The molecule has 0 aliphatic rings. The molecule has 0 atom stereocenters. The van der Waals surface area contributed by atoms with Crippen LogP contribution >= 0.6 is 7.14 Å². The summed E-state index contributed by atoms with van der Waals surface area (Å²) >= 11 is 0. The molecule has 0 fully saturated rings. The third-order valence-corrected chi connectivity index (χ3v) is 2.56. The fourth-order valence-corrected chi connectivity index (χ4v) is 1.32. The smallest absolute Gasteiger partial charge is 0.330 e. The molecule has 64 valence electrons. The van der Waals surface area contributed by atoms with Gasteiger partial charge in [-0.15, -0.1) is 0 Å². The van der Waals surface area contributed by atoms with E-state index in [1.165, 1.54) is 0 Å². The summed E-state index contributed by atoms with van der Waals surface area (Å²) in [7, 11) is -2.08. The molecule has 0 aromatic rings. The van der Waals surface area contributed by atoms with Crippen LogP contribution in [0, 0.1) is 0 Å². The molecule has 0 amide bonds. The van der Waals surface area contributed by atoms with E-state index in [2.05, 4.69) is 6.58 Å². The second-order valence-corrected chi connectivity index (χ2v) is 6.55. The first-order chi connectivity index (χ1) is 4.83. The number of hydrogen-bond donors (Lipinski definition) is 1. The SMILES string of the molecule is C=C(CCP(C)(C)=O)C(=O)O. The highest BCUT2D eigenvalue weighted by atomic mass is 31.2. The van der Waals surface area contributed by atoms with Crippen LogP contribution in [0.2, 0.25) is 0 Å². The van der Waals surface area contributed by atoms with Crippen LogP contribution in [-0.2, 0) is 9.36 Å². The maximum absolute atomic E-state index is 11.1. The third kappa shape index (κ3) is 5.86. The van der Waals surface area contributed by atoms with Crippen molar-refractivity contribution in [1.82, 2.24) is 0 Å². The normalized spacial score (nSPS) is 11.1. The molecule has 3 nitrogen and oxygen atoms in total. The summed E-state index contributed by atoms with van der Waals surface area (Å²) in [6, 6.07) is 0. The Kier molecular flexibility index (Phi) is 3.53. The molecule has 0 aliphatic heterocycles. The van der Waals surface area contributed by atoms with Crippen molar-refractivity contribution < 1.29 is 14.5 Å². The summed E-state index contributed by atoms with van der Waals surface area (Å²) in [5, 5.41) is 8.39. The standard InChI is InChI=1S/C7H13O3P/c1-6(7(8)9)4-5-11(2,3)10/h1,4-5H2,2-3H3,(H,8,9). The first-order valence-corrected chi connectivity index (χ1v) is 6.06. The lowest BCUT2D eigenvalue weighted by Gasteiger charge is -2.04. The van der Waals surface area contributed by atoms with Crippen molar-refractivity contribution in [3.05, 3.63) is 12.2 Å². The van der Waals surface area contributed by atoms with E-state index >= 15 is 0 Å². The topological polar surface area (TPSA) is 54.4 Å². The molecule has 0 spiro atoms. The van der Waals surface area contributed by atoms with E-state index in [0.717, 1.165) is 0 Å². The average Bonchev–Trinajstić information content (AvgIpc) is 1.80. The van der Waals surface area contributed by atoms with Crippen LogP contribution in [0.3, 0.4) is 0 Å². The maximum atomic E-state index is 11.1. The van der Waals surface area contributed by atoms with Crippen molar-refractivity contribution in [1.29, 1.82) is 0 Å². The number of aliphatic carboxylic acids is 1. The largest absolute Gasteiger partial charge is 0.478 e. The molecule has 0 radical (unpaired) electrons. The van der Waals surface area contributed by atoms with Crippen molar-refractivity contribution in [2.75, 3.05) is 19.5 Å². The summed E-state index contributed by atoms with van der Waals surface area (Å²) in [5.41, 5.74) is 0.133. The van der Waals surface area contributed by atoms with Gasteiger partial charge < -0.3 is 9.67 Å². The average molecular weight is 176 g/mol. The van der Waals surface area contributed by atoms with Crippen molar-refractivity contribution in [3.63, 3.8) is 0 Å². The number of carboxylic acid groups (broad SMARTS) is 1. The molecular formula is C7H13O3P. The molecule has 1 N–H and O–H groups in total. The molecule has 0 unspecified atom stereocenters. The Labute approximate surface area is 66.5 Å². The van der Waals surface area contributed by atoms with E-state index in [9.17, 15) is 9.36 Å². The van der Waals surface area contributed by atoms with Gasteiger partial charge in [0.25, 0.3) is 0 Å². The Balaban J connectivity index is 3.82. The monoisotopic (exact) mass is 176 g/mol. The van der Waals surface area contributed by atoms with Crippen molar-refractivity contribution in [2.24, 2.45) is 0 Å². The van der Waals surface area contributed by atoms with E-state index < -0.39 is 13.1 Å². The highest BCUT2D eigenvalue weighted by Crippen LogP contribution is 2.37. The van der Waals surface area contributed by atoms with Gasteiger partial charge in [0, 0.05) is 11.7 Å². The first-order valence-electron chi connectivity index (χ1n) is 3.28. The highest BCUT2D eigenvalue weighted by Gasteiger charge is 2.10. The van der Waals surface area contributed by atoms with Crippen LogP contribution in [0.4, 0.5) is 0 Å². The van der Waals surface area contributed by atoms with E-state index in [1.807, 2.05) is 0 Å². The van der Waals surface area contributed by atoms with Gasteiger partial charge in [0.05, 0.1) is 7.14 Å². The van der Waals surface area contributed by atoms with Crippen molar-refractivity contribution in [2.45, 2.75) is 6.42 Å². The zero-order valence-corrected chi connectivity index (χ0v) is 7.73. The first kappa shape index (κ1) is 10.4. The molecule has 0 saturated heterocycles. The van der Waals surface area contributed by atoms with Crippen LogP contribution < -0.4 is 0 Å². The Morgan fingerprint density at radius 2 is 2.00 bits per heavy atom. The molecule has 4 heteroatoms. The van der Waals surface area contributed by atoms with Gasteiger partial charge in [-0.1, -0.05) is 6.58 Å². The lowest BCUT2D eigenvalue weighted by atomic mass is 10.2. The molecule has 0 saturated carbocycles. The Morgan fingerprint density at radius 1 is 1.55 bits per heavy atom. The summed E-state index contributed by atoms with van der Waals surface area (Å²) in [5.74, 6) is -1.00. The van der Waals surface area contributed by atoms with Gasteiger partial charge in [0.15, 0.2) is 0 Å². The molecule has 0 aromatic heterocycles. The zero-order valence-electron chi connectivity index (χ0n) is 6.83. The predicted octanol–water partition coefficient (Wildman–Crippen LogP) is 1.64. The van der Waals surface area contributed by atoms with Gasteiger partial charge in [-0.25, -0.2) is 4.79 Å². The Bertz CT molecular complexity index is 214. The molecular weight excluding hydrogens is 163 g/mol. The van der Waals surface area contributed by atoms with Gasteiger partial charge in [0.2, 0.25) is 0 Å². The van der Waals surface area contributed by atoms with Crippen LogP contribution in [0.5, 0.6) is 0 Å². The Morgan fingerprint density at radius 3 is 2.27 bits per heavy atom. The minimum atomic E-state index is -2.08. The second kappa shape index (κ2) is 3.72. The lowest BCUT2D eigenvalue weighted by Crippen LogP contribution is -2.01. The third-order valence-electron chi connectivity index (χ3n) is 1.25. The molecule has 0 aliphatic carbocycles. The summed E-state index contributed by atoms with van der Waals surface area (Å²) in [4.78, 5) is 10.2. The summed E-state index contributed by atoms with van der Waals surface area (Å²) in [6.45, 7) is 6.62. The second-order valence-electron chi connectivity index (χ2n) is 2.96. The van der Waals surface area contributed by atoms with Crippen LogP contribution in [-0.4, -0.2) is 30.6 Å². The zero-order chi connectivity index (χ0) is 9.07. The fourth-order valence-electron chi connectivity index (χ4n) is 0.511. The molecule has 11 heavy (non-hydrogen) atoms. The number of carbonyl (C=O) groups is 1. The quantitative estimate of drug-likeness (QED) is 0.523. The van der Waals surface area contributed by atoms with E-state index in [4.69, 9.17) is 5.11 Å².